The van der Waals surface area contributed by atoms with Crippen molar-refractivity contribution in [1.82, 2.24) is 0 Å². The van der Waals surface area contributed by atoms with Crippen LogP contribution >= 0.6 is 0 Å². The molecule has 4 rings (SSSR count). The summed E-state index contributed by atoms with van der Waals surface area (Å²) in [5.74, 6) is -0.280. The first-order chi connectivity index (χ1) is 16.4. The zero-order valence-electron chi connectivity index (χ0n) is 22.9. The summed E-state index contributed by atoms with van der Waals surface area (Å²) in [4.78, 5) is 11.8. The van der Waals surface area contributed by atoms with Gasteiger partial charge in [-0.1, -0.05) is 91.8 Å². The Balaban J connectivity index is 0.000000212. The third kappa shape index (κ3) is 6.07. The summed E-state index contributed by atoms with van der Waals surface area (Å²) in [5.41, 5.74) is 2.21. The topological polar surface area (TPSA) is 74.3 Å². The number of carbonyl (C=O) groups is 1. The molecule has 2 fully saturated rings. The molecule has 2 aromatic rings. The molecule has 0 spiro atoms. The van der Waals surface area contributed by atoms with Gasteiger partial charge in [0.05, 0.1) is 15.9 Å². The Morgan fingerprint density at radius 2 is 1.33 bits per heavy atom. The highest BCUT2D eigenvalue weighted by atomic mass is 127. The largest absolute Gasteiger partial charge is 0.748 e. The van der Waals surface area contributed by atoms with Gasteiger partial charge in [-0.05, 0) is 47.1 Å². The molecule has 198 valence electrons. The van der Waals surface area contributed by atoms with Crippen molar-refractivity contribution in [3.63, 3.8) is 0 Å². The number of Topliss-reactive ketones (excluding diaryl/α,β-unsaturated/α-hetero) is 1. The first-order valence-electron chi connectivity index (χ1n) is 12.7. The highest BCUT2D eigenvalue weighted by Crippen LogP contribution is 2.64. The van der Waals surface area contributed by atoms with Crippen molar-refractivity contribution >= 4 is 15.9 Å². The number of halogens is 1. The normalized spacial score (nSPS) is 23.4. The number of ketones is 1. The standard InChI is InChI=1S/C20H26I.C10H16O4S/c1-19(2,3)15-11-7-9-13-17(15)21-18-14-10-8-12-16(18)20(4,5)6;1-9(2)7-3-4-10(9,8(11)5-7)6-15(12,13)14/h7-14H,1-6H3;7H,3-6H2,1-2H3,(H,12,13,14)/q+1;/p-1. The lowest BCUT2D eigenvalue weighted by Crippen LogP contribution is -3.62. The molecular weight excluding hydrogens is 583 g/mol. The maximum atomic E-state index is 11.8. The second-order valence-electron chi connectivity index (χ2n) is 12.9. The lowest BCUT2D eigenvalue weighted by atomic mass is 9.70. The van der Waals surface area contributed by atoms with Gasteiger partial charge in [0.25, 0.3) is 0 Å². The Morgan fingerprint density at radius 3 is 1.67 bits per heavy atom. The van der Waals surface area contributed by atoms with Crippen molar-refractivity contribution in [2.24, 2.45) is 16.7 Å². The SMILES string of the molecule is CC(C)(C)c1ccccc1[I+]c1ccccc1C(C)(C)C.CC1(C)C2CCC1(CS(=O)(=O)[O-])C(=O)C2. The molecular formula is C30H41IO4S. The van der Waals surface area contributed by atoms with Crippen molar-refractivity contribution in [1.29, 1.82) is 0 Å². The van der Waals surface area contributed by atoms with Crippen LogP contribution in [0.1, 0.15) is 85.8 Å². The number of carbonyl (C=O) groups excluding carboxylic acids is 1. The molecule has 2 atom stereocenters. The maximum absolute atomic E-state index is 11.8. The van der Waals surface area contributed by atoms with E-state index in [9.17, 15) is 17.8 Å². The summed E-state index contributed by atoms with van der Waals surface area (Å²) in [6, 6.07) is 18.0. The summed E-state index contributed by atoms with van der Waals surface area (Å²) in [6.07, 6.45) is 1.88. The predicted molar refractivity (Wildman–Crippen MR) is 141 cm³/mol. The number of rotatable bonds is 4. The minimum atomic E-state index is -4.33. The van der Waals surface area contributed by atoms with Crippen LogP contribution in [0, 0.1) is 23.9 Å². The third-order valence-corrected chi connectivity index (χ3v) is 12.0. The van der Waals surface area contributed by atoms with E-state index in [2.05, 4.69) is 90.1 Å². The number of benzene rings is 2. The van der Waals surface area contributed by atoms with E-state index in [4.69, 9.17) is 0 Å². The molecule has 0 heterocycles. The van der Waals surface area contributed by atoms with Crippen molar-refractivity contribution in [2.45, 2.75) is 85.5 Å². The number of hydrogen-bond donors (Lipinski definition) is 0. The van der Waals surface area contributed by atoms with Crippen molar-refractivity contribution in [2.75, 3.05) is 5.75 Å². The molecule has 0 aromatic heterocycles. The van der Waals surface area contributed by atoms with Gasteiger partial charge in [0.1, 0.15) is 5.78 Å². The van der Waals surface area contributed by atoms with E-state index < -0.39 is 21.3 Å². The zero-order chi connectivity index (χ0) is 27.2. The van der Waals surface area contributed by atoms with Gasteiger partial charge >= 0.3 is 21.2 Å². The molecule has 0 amide bonds. The summed E-state index contributed by atoms with van der Waals surface area (Å²) in [6.45, 7) is 17.7. The monoisotopic (exact) mass is 624 g/mol. The van der Waals surface area contributed by atoms with Crippen LogP contribution in [-0.2, 0) is 25.7 Å². The minimum absolute atomic E-state index is 0.0248. The van der Waals surface area contributed by atoms with Crippen LogP contribution in [0.2, 0.25) is 0 Å². The van der Waals surface area contributed by atoms with Crippen LogP contribution in [0.4, 0.5) is 0 Å². The smallest absolute Gasteiger partial charge is 0.358 e. The number of hydrogen-bond acceptors (Lipinski definition) is 4. The van der Waals surface area contributed by atoms with Crippen molar-refractivity contribution < 1.29 is 39.0 Å². The Bertz CT molecular complexity index is 1160. The molecule has 0 radical (unpaired) electrons. The zero-order valence-corrected chi connectivity index (χ0v) is 25.9. The van der Waals surface area contributed by atoms with E-state index in [1.54, 1.807) is 7.14 Å². The molecule has 0 N–H and O–H groups in total. The molecule has 0 aliphatic heterocycles. The van der Waals surface area contributed by atoms with E-state index >= 15 is 0 Å². The maximum Gasteiger partial charge on any atom is 0.358 e. The molecule has 2 aliphatic rings. The first kappa shape index (κ1) is 29.3. The van der Waals surface area contributed by atoms with E-state index in [-0.39, 0.29) is 49.2 Å². The Labute approximate surface area is 228 Å². The van der Waals surface area contributed by atoms with Crippen LogP contribution in [0.15, 0.2) is 48.5 Å². The Morgan fingerprint density at radius 1 is 0.889 bits per heavy atom. The average Bonchev–Trinajstić information content (AvgIpc) is 3.06. The highest BCUT2D eigenvalue weighted by Gasteiger charge is 2.64. The van der Waals surface area contributed by atoms with E-state index in [0.717, 1.165) is 6.42 Å². The summed E-state index contributed by atoms with van der Waals surface area (Å²) in [5, 5.41) is 0. The van der Waals surface area contributed by atoms with Crippen LogP contribution in [-0.4, -0.2) is 24.5 Å². The minimum Gasteiger partial charge on any atom is -0.748 e. The van der Waals surface area contributed by atoms with Crippen LogP contribution in [0.25, 0.3) is 0 Å². The van der Waals surface area contributed by atoms with Crippen LogP contribution < -0.4 is 21.2 Å². The molecule has 2 aliphatic carbocycles. The lowest BCUT2D eigenvalue weighted by Gasteiger charge is -2.37. The fourth-order valence-corrected chi connectivity index (χ4v) is 11.1. The molecule has 4 nitrogen and oxygen atoms in total. The van der Waals surface area contributed by atoms with Crippen molar-refractivity contribution in [3.05, 3.63) is 66.8 Å². The van der Waals surface area contributed by atoms with Gasteiger partial charge in [-0.2, -0.15) is 0 Å². The van der Waals surface area contributed by atoms with Gasteiger partial charge in [0.2, 0.25) is 0 Å². The molecule has 2 unspecified atom stereocenters. The van der Waals surface area contributed by atoms with Gasteiger partial charge < -0.3 is 4.55 Å². The summed E-state index contributed by atoms with van der Waals surface area (Å²) >= 11 is -0.147. The van der Waals surface area contributed by atoms with E-state index in [0.29, 0.717) is 12.8 Å². The molecule has 36 heavy (non-hydrogen) atoms. The lowest BCUT2D eigenvalue weighted by molar-refractivity contribution is -0.599. The molecule has 2 saturated carbocycles. The summed E-state index contributed by atoms with van der Waals surface area (Å²) < 4.78 is 35.8. The first-order valence-corrected chi connectivity index (χ1v) is 16.4. The van der Waals surface area contributed by atoms with Crippen LogP contribution in [0.5, 0.6) is 0 Å². The summed E-state index contributed by atoms with van der Waals surface area (Å²) in [7, 11) is -4.33. The fourth-order valence-electron chi connectivity index (χ4n) is 5.82. The quantitative estimate of drug-likeness (QED) is 0.387. The predicted octanol–water partition coefficient (Wildman–Crippen LogP) is 3.34. The second-order valence-corrected chi connectivity index (χ2v) is 17.2. The van der Waals surface area contributed by atoms with Crippen molar-refractivity contribution in [3.8, 4) is 0 Å². The fraction of sp³-hybridized carbons (Fsp3) is 0.567. The molecule has 0 saturated heterocycles. The van der Waals surface area contributed by atoms with Gasteiger partial charge in [-0.3, -0.25) is 4.79 Å². The van der Waals surface area contributed by atoms with Gasteiger partial charge in [0, 0.05) is 23.0 Å². The van der Waals surface area contributed by atoms with E-state index in [1.807, 2.05) is 13.8 Å². The second kappa shape index (κ2) is 10.1. The Hall–Kier alpha value is -1.25. The third-order valence-electron chi connectivity index (χ3n) is 8.13. The average molecular weight is 625 g/mol. The molecule has 6 heteroatoms. The van der Waals surface area contributed by atoms with E-state index in [1.165, 1.54) is 11.1 Å². The van der Waals surface area contributed by atoms with Gasteiger partial charge in [0.15, 0.2) is 7.14 Å². The van der Waals surface area contributed by atoms with Gasteiger partial charge in [-0.15, -0.1) is 0 Å². The Kier molecular flexibility index (Phi) is 8.25. The molecule has 2 aromatic carbocycles. The number of fused-ring (bicyclic) bond motifs is 2. The van der Waals surface area contributed by atoms with Gasteiger partial charge in [-0.25, -0.2) is 8.42 Å². The van der Waals surface area contributed by atoms with Crippen LogP contribution in [0.3, 0.4) is 0 Å². The highest BCUT2D eigenvalue weighted by molar-refractivity contribution is 7.85. The molecule has 2 bridgehead atoms.